The van der Waals surface area contributed by atoms with Gasteiger partial charge in [0.05, 0.1) is 16.0 Å². The van der Waals surface area contributed by atoms with Gasteiger partial charge in [-0.25, -0.2) is 4.68 Å². The van der Waals surface area contributed by atoms with E-state index in [4.69, 9.17) is 27.9 Å². The molecule has 0 saturated carbocycles. The number of rotatable bonds is 7. The van der Waals surface area contributed by atoms with E-state index in [2.05, 4.69) is 55.7 Å². The van der Waals surface area contributed by atoms with E-state index in [0.29, 0.717) is 32.6 Å². The maximum atomic E-state index is 12.6. The highest BCUT2D eigenvalue weighted by molar-refractivity contribution is 9.10. The summed E-state index contributed by atoms with van der Waals surface area (Å²) in [7, 11) is 0. The van der Waals surface area contributed by atoms with Crippen LogP contribution in [0.2, 0.25) is 10.0 Å². The van der Waals surface area contributed by atoms with Gasteiger partial charge in [-0.05, 0) is 46.6 Å². The number of carbonyl (C=O) groups is 1. The molecule has 4 rings (SSSR count). The Kier molecular flexibility index (Phi) is 6.83. The molecule has 0 spiro atoms. The lowest BCUT2D eigenvalue weighted by atomic mass is 10.1. The molecule has 0 aliphatic rings. The van der Waals surface area contributed by atoms with Gasteiger partial charge < -0.3 is 10.1 Å². The number of aryl methyl sites for hydroxylation is 1. The van der Waals surface area contributed by atoms with Crippen molar-refractivity contribution in [2.45, 2.75) is 20.2 Å². The SMILES string of the molecule is Cc1ccc(Cn2cc(Br)c(NC(=O)c3ccn(COc4cccc(Cl)c4Cl)n3)n2)cc1. The van der Waals surface area contributed by atoms with Gasteiger partial charge in [0.15, 0.2) is 18.2 Å². The summed E-state index contributed by atoms with van der Waals surface area (Å²) in [6.07, 6.45) is 3.45. The van der Waals surface area contributed by atoms with Crippen LogP contribution in [-0.4, -0.2) is 25.5 Å². The van der Waals surface area contributed by atoms with Crippen molar-refractivity contribution in [3.05, 3.63) is 92.3 Å². The quantitative estimate of drug-likeness (QED) is 0.325. The van der Waals surface area contributed by atoms with Crippen molar-refractivity contribution in [2.24, 2.45) is 0 Å². The molecule has 0 aliphatic carbocycles. The second-order valence-corrected chi connectivity index (χ2v) is 8.67. The fraction of sp³-hybridized carbons (Fsp3) is 0.136. The van der Waals surface area contributed by atoms with Crippen molar-refractivity contribution < 1.29 is 9.53 Å². The average molecular weight is 535 g/mol. The van der Waals surface area contributed by atoms with Crippen LogP contribution >= 0.6 is 39.1 Å². The van der Waals surface area contributed by atoms with Gasteiger partial charge in [-0.15, -0.1) is 0 Å². The third-order valence-electron chi connectivity index (χ3n) is 4.56. The predicted molar refractivity (Wildman–Crippen MR) is 127 cm³/mol. The molecule has 1 amide bonds. The second kappa shape index (κ2) is 9.77. The molecule has 0 unspecified atom stereocenters. The fourth-order valence-electron chi connectivity index (χ4n) is 2.90. The molecule has 164 valence electrons. The van der Waals surface area contributed by atoms with Gasteiger partial charge in [0.1, 0.15) is 10.8 Å². The Hall–Kier alpha value is -2.81. The molecule has 1 N–H and O–H groups in total. The number of hydrogen-bond donors (Lipinski definition) is 1. The first kappa shape index (κ1) is 22.4. The Bertz CT molecular complexity index is 1250. The Labute approximate surface area is 203 Å². The monoisotopic (exact) mass is 533 g/mol. The zero-order valence-electron chi connectivity index (χ0n) is 16.9. The first-order valence-electron chi connectivity index (χ1n) is 9.59. The summed E-state index contributed by atoms with van der Waals surface area (Å²) in [4.78, 5) is 12.6. The van der Waals surface area contributed by atoms with E-state index in [1.54, 1.807) is 35.1 Å². The second-order valence-electron chi connectivity index (χ2n) is 7.03. The summed E-state index contributed by atoms with van der Waals surface area (Å²) < 4.78 is 9.55. The van der Waals surface area contributed by atoms with E-state index in [1.165, 1.54) is 10.2 Å². The largest absolute Gasteiger partial charge is 0.470 e. The first-order valence-corrected chi connectivity index (χ1v) is 11.1. The minimum Gasteiger partial charge on any atom is -0.470 e. The van der Waals surface area contributed by atoms with Crippen LogP contribution in [0.4, 0.5) is 5.82 Å². The number of amides is 1. The number of aromatic nitrogens is 4. The molecule has 10 heteroatoms. The van der Waals surface area contributed by atoms with E-state index in [1.807, 2.05) is 13.1 Å². The predicted octanol–water partition coefficient (Wildman–Crippen LogP) is 5.79. The summed E-state index contributed by atoms with van der Waals surface area (Å²) in [6, 6.07) is 14.9. The van der Waals surface area contributed by atoms with Crippen molar-refractivity contribution in [2.75, 3.05) is 5.32 Å². The molecule has 0 aliphatic heterocycles. The number of ether oxygens (including phenoxy) is 1. The van der Waals surface area contributed by atoms with Crippen LogP contribution in [0.25, 0.3) is 0 Å². The molecule has 2 aromatic heterocycles. The molecule has 4 aromatic rings. The molecular formula is C22H18BrCl2N5O2. The van der Waals surface area contributed by atoms with Crippen LogP contribution in [0.15, 0.2) is 65.4 Å². The van der Waals surface area contributed by atoms with Gasteiger partial charge in [-0.1, -0.05) is 59.1 Å². The van der Waals surface area contributed by atoms with E-state index >= 15 is 0 Å². The lowest BCUT2D eigenvalue weighted by Crippen LogP contribution is -2.15. The van der Waals surface area contributed by atoms with E-state index in [9.17, 15) is 4.79 Å². The van der Waals surface area contributed by atoms with Crippen molar-refractivity contribution in [3.8, 4) is 5.75 Å². The first-order chi connectivity index (χ1) is 15.4. The minimum absolute atomic E-state index is 0.0716. The summed E-state index contributed by atoms with van der Waals surface area (Å²) in [5.74, 6) is 0.466. The van der Waals surface area contributed by atoms with Gasteiger partial charge >= 0.3 is 0 Å². The van der Waals surface area contributed by atoms with E-state index in [-0.39, 0.29) is 18.3 Å². The molecule has 0 bridgehead atoms. The lowest BCUT2D eigenvalue weighted by molar-refractivity contribution is 0.101. The number of halogens is 3. The molecule has 32 heavy (non-hydrogen) atoms. The molecule has 2 aromatic carbocycles. The Morgan fingerprint density at radius 2 is 1.88 bits per heavy atom. The van der Waals surface area contributed by atoms with Crippen LogP contribution in [0.5, 0.6) is 5.75 Å². The Balaban J connectivity index is 1.38. The number of nitrogens with zero attached hydrogens (tertiary/aromatic N) is 4. The van der Waals surface area contributed by atoms with Crippen LogP contribution in [0.1, 0.15) is 21.6 Å². The van der Waals surface area contributed by atoms with Crippen LogP contribution in [0, 0.1) is 6.92 Å². The van der Waals surface area contributed by atoms with Crippen molar-refractivity contribution >= 4 is 50.9 Å². The number of benzene rings is 2. The third kappa shape index (κ3) is 5.32. The molecular weight excluding hydrogens is 517 g/mol. The van der Waals surface area contributed by atoms with Crippen molar-refractivity contribution in [1.82, 2.24) is 19.6 Å². The highest BCUT2D eigenvalue weighted by Gasteiger charge is 2.15. The number of anilines is 1. The number of hydrogen-bond acceptors (Lipinski definition) is 4. The number of carbonyl (C=O) groups excluding carboxylic acids is 1. The third-order valence-corrected chi connectivity index (χ3v) is 5.94. The maximum absolute atomic E-state index is 12.6. The van der Waals surface area contributed by atoms with E-state index < -0.39 is 0 Å². The van der Waals surface area contributed by atoms with Gasteiger partial charge in [-0.3, -0.25) is 9.48 Å². The summed E-state index contributed by atoms with van der Waals surface area (Å²) in [5, 5.41) is 12.2. The molecule has 0 atom stereocenters. The standard InChI is InChI=1S/C22H18BrCl2N5O2/c1-14-5-7-15(8-6-14)11-30-12-16(23)21(28-30)26-22(31)18-9-10-29(27-18)13-32-19-4-2-3-17(24)20(19)25/h2-10,12H,11,13H2,1H3,(H,26,28,31). The Morgan fingerprint density at radius 1 is 1.09 bits per heavy atom. The molecule has 0 fully saturated rings. The van der Waals surface area contributed by atoms with Crippen molar-refractivity contribution in [1.29, 1.82) is 0 Å². The van der Waals surface area contributed by atoms with Crippen LogP contribution in [-0.2, 0) is 13.3 Å². The average Bonchev–Trinajstić information content (AvgIpc) is 3.37. The van der Waals surface area contributed by atoms with Crippen molar-refractivity contribution in [3.63, 3.8) is 0 Å². The van der Waals surface area contributed by atoms with Gasteiger partial charge in [0.2, 0.25) is 0 Å². The van der Waals surface area contributed by atoms with Crippen LogP contribution in [0.3, 0.4) is 0 Å². The molecule has 7 nitrogen and oxygen atoms in total. The van der Waals surface area contributed by atoms with Crippen LogP contribution < -0.4 is 10.1 Å². The van der Waals surface area contributed by atoms with Gasteiger partial charge in [0.25, 0.3) is 5.91 Å². The van der Waals surface area contributed by atoms with E-state index in [0.717, 1.165) is 5.56 Å². The lowest BCUT2D eigenvalue weighted by Gasteiger charge is -2.08. The molecule has 0 radical (unpaired) electrons. The summed E-state index contributed by atoms with van der Waals surface area (Å²) in [6.45, 7) is 2.71. The highest BCUT2D eigenvalue weighted by atomic mass is 79.9. The summed E-state index contributed by atoms with van der Waals surface area (Å²) >= 11 is 15.5. The minimum atomic E-state index is -0.383. The summed E-state index contributed by atoms with van der Waals surface area (Å²) in [5.41, 5.74) is 2.54. The topological polar surface area (TPSA) is 74.0 Å². The van der Waals surface area contributed by atoms with Gasteiger partial charge in [0, 0.05) is 12.4 Å². The van der Waals surface area contributed by atoms with Gasteiger partial charge in [-0.2, -0.15) is 10.2 Å². The Morgan fingerprint density at radius 3 is 2.66 bits per heavy atom. The zero-order valence-corrected chi connectivity index (χ0v) is 20.0. The fourth-order valence-corrected chi connectivity index (χ4v) is 3.66. The maximum Gasteiger partial charge on any atom is 0.277 e. The smallest absolute Gasteiger partial charge is 0.277 e. The number of nitrogens with one attached hydrogen (secondary N) is 1. The molecule has 0 saturated heterocycles. The zero-order chi connectivity index (χ0) is 22.7. The normalized spacial score (nSPS) is 10.9. The molecule has 2 heterocycles. The highest BCUT2D eigenvalue weighted by Crippen LogP contribution is 2.31.